The smallest absolute Gasteiger partial charge is 0.258 e. The number of hydrogen-bond acceptors (Lipinski definition) is 6. The van der Waals surface area contributed by atoms with Crippen molar-refractivity contribution < 1.29 is 33.9 Å². The molecule has 6 atom stereocenters. The second kappa shape index (κ2) is 8.61. The van der Waals surface area contributed by atoms with E-state index in [4.69, 9.17) is 23.2 Å². The lowest BCUT2D eigenvalue weighted by Gasteiger charge is -2.51. The molecule has 3 aromatic rings. The first-order chi connectivity index (χ1) is 19.5. The van der Waals surface area contributed by atoms with Crippen LogP contribution in [0, 0.1) is 23.6 Å². The Balaban J connectivity index is 1.51. The molecule has 2 aliphatic heterocycles. The van der Waals surface area contributed by atoms with Gasteiger partial charge in [-0.15, -0.1) is 23.2 Å². The number of carbonyl (C=O) groups is 4. The second-order valence-corrected chi connectivity index (χ2v) is 12.2. The number of halogens is 3. The van der Waals surface area contributed by atoms with E-state index in [0.717, 1.165) is 22.4 Å². The molecule has 2 heterocycles. The Hall–Kier alpha value is -3.79. The summed E-state index contributed by atoms with van der Waals surface area (Å²) in [7, 11) is 0. The van der Waals surface area contributed by atoms with Gasteiger partial charge in [-0.05, 0) is 59.9 Å². The molecule has 3 aromatic carbocycles. The van der Waals surface area contributed by atoms with E-state index in [-0.39, 0.29) is 34.9 Å². The third kappa shape index (κ3) is 3.19. The molecule has 0 bridgehead atoms. The van der Waals surface area contributed by atoms with Crippen LogP contribution in [0.5, 0.6) is 5.75 Å². The Morgan fingerprint density at radius 2 is 1.59 bits per heavy atom. The zero-order valence-electron chi connectivity index (χ0n) is 21.1. The minimum Gasteiger partial charge on any atom is -0.508 e. The quantitative estimate of drug-likeness (QED) is 0.193. The van der Waals surface area contributed by atoms with E-state index in [0.29, 0.717) is 11.0 Å². The minimum absolute atomic E-state index is 0.0558. The molecule has 4 amide bonds. The van der Waals surface area contributed by atoms with Crippen LogP contribution in [0.4, 0.5) is 10.1 Å². The van der Waals surface area contributed by atoms with Gasteiger partial charge in [-0.2, -0.15) is 5.06 Å². The van der Waals surface area contributed by atoms with Crippen LogP contribution in [-0.2, 0) is 19.2 Å². The van der Waals surface area contributed by atoms with Gasteiger partial charge in [-0.25, -0.2) is 9.29 Å². The van der Waals surface area contributed by atoms with E-state index in [1.165, 1.54) is 18.2 Å². The Kier molecular flexibility index (Phi) is 5.49. The lowest BCUT2D eigenvalue weighted by Crippen LogP contribution is -2.60. The number of phenolic OH excluding ortho intramolecular Hbond substituents is 1. The topological polar surface area (TPSA) is 115 Å². The van der Waals surface area contributed by atoms with Crippen LogP contribution in [0.2, 0.25) is 0 Å². The molecular weight excluding hydrogens is 574 g/mol. The lowest BCUT2D eigenvalue weighted by atomic mass is 9.56. The maximum absolute atomic E-state index is 14.4. The average molecular weight is 595 g/mol. The summed E-state index contributed by atoms with van der Waals surface area (Å²) < 4.78 is 13.8. The first kappa shape index (κ1) is 26.1. The number of hydrogen-bond donors (Lipinski definition) is 2. The van der Waals surface area contributed by atoms with Crippen molar-refractivity contribution in [3.63, 3.8) is 0 Å². The van der Waals surface area contributed by atoms with Gasteiger partial charge in [0.25, 0.3) is 23.6 Å². The molecule has 7 rings (SSSR count). The second-order valence-electron chi connectivity index (χ2n) is 11.0. The van der Waals surface area contributed by atoms with Crippen molar-refractivity contribution in [3.8, 4) is 5.75 Å². The van der Waals surface area contributed by atoms with Gasteiger partial charge in [-0.1, -0.05) is 42.0 Å². The third-order valence-corrected chi connectivity index (χ3v) is 10.5. The highest BCUT2D eigenvalue weighted by Crippen LogP contribution is 2.67. The number of phenols is 1. The Morgan fingerprint density at radius 3 is 2.32 bits per heavy atom. The van der Waals surface area contributed by atoms with Gasteiger partial charge in [0, 0.05) is 11.5 Å². The molecule has 2 aliphatic carbocycles. The average Bonchev–Trinajstić information content (AvgIpc) is 3.27. The van der Waals surface area contributed by atoms with Crippen molar-refractivity contribution in [1.29, 1.82) is 0 Å². The highest BCUT2D eigenvalue weighted by atomic mass is 35.5. The molecule has 41 heavy (non-hydrogen) atoms. The third-order valence-electron chi connectivity index (χ3n) is 9.11. The van der Waals surface area contributed by atoms with Crippen LogP contribution < -0.4 is 4.90 Å². The Morgan fingerprint density at radius 1 is 0.878 bits per heavy atom. The summed E-state index contributed by atoms with van der Waals surface area (Å²) in [6, 6.07) is 15.0. The van der Waals surface area contributed by atoms with E-state index in [1.807, 2.05) is 6.07 Å². The number of carbonyl (C=O) groups excluding carboxylic acids is 4. The number of benzene rings is 3. The summed E-state index contributed by atoms with van der Waals surface area (Å²) in [5.74, 6) is -8.08. The molecular formula is C30H21Cl2FN2O6. The van der Waals surface area contributed by atoms with Crippen LogP contribution in [0.1, 0.15) is 24.3 Å². The van der Waals surface area contributed by atoms with Crippen molar-refractivity contribution in [1.82, 2.24) is 5.06 Å². The summed E-state index contributed by atoms with van der Waals surface area (Å²) in [5.41, 5.74) is 0.778. The van der Waals surface area contributed by atoms with Crippen molar-refractivity contribution in [2.24, 2.45) is 17.8 Å². The van der Waals surface area contributed by atoms with Crippen molar-refractivity contribution in [2.45, 2.75) is 28.5 Å². The number of amides is 4. The zero-order valence-corrected chi connectivity index (χ0v) is 22.6. The number of anilines is 1. The number of nitrogens with zero attached hydrogens (tertiary/aromatic N) is 2. The molecule has 0 spiro atoms. The highest BCUT2D eigenvalue weighted by molar-refractivity contribution is 6.58. The van der Waals surface area contributed by atoms with Gasteiger partial charge >= 0.3 is 0 Å². The number of alkyl halides is 2. The lowest BCUT2D eigenvalue weighted by molar-refractivity contribution is -0.173. The first-order valence-electron chi connectivity index (χ1n) is 13.0. The summed E-state index contributed by atoms with van der Waals surface area (Å²) in [4.78, 5) is 51.0. The summed E-state index contributed by atoms with van der Waals surface area (Å²) >= 11 is 14.6. The fraction of sp³-hybridized carbons (Fsp3) is 0.267. The number of fused-ring (bicyclic) bond motifs is 5. The highest BCUT2D eigenvalue weighted by Gasteiger charge is 2.77. The van der Waals surface area contributed by atoms with Crippen LogP contribution in [0.3, 0.4) is 0 Å². The van der Waals surface area contributed by atoms with E-state index in [2.05, 4.69) is 0 Å². The number of hydroxylamine groups is 2. The first-order valence-corrected chi connectivity index (χ1v) is 13.8. The number of rotatable bonds is 2. The van der Waals surface area contributed by atoms with Crippen LogP contribution >= 0.6 is 23.2 Å². The van der Waals surface area contributed by atoms with Gasteiger partial charge in [0.1, 0.15) is 11.6 Å². The molecule has 6 unspecified atom stereocenters. The summed E-state index contributed by atoms with van der Waals surface area (Å²) in [6.07, 6.45) is 1.50. The molecule has 4 aliphatic rings. The Labute approximate surface area is 242 Å². The summed E-state index contributed by atoms with van der Waals surface area (Å²) in [5, 5.41) is 22.9. The largest absolute Gasteiger partial charge is 0.508 e. The minimum atomic E-state index is -2.18. The van der Waals surface area contributed by atoms with E-state index >= 15 is 0 Å². The van der Waals surface area contributed by atoms with Gasteiger partial charge < -0.3 is 5.11 Å². The predicted molar refractivity (Wildman–Crippen MR) is 146 cm³/mol. The van der Waals surface area contributed by atoms with Crippen molar-refractivity contribution >= 4 is 63.3 Å². The van der Waals surface area contributed by atoms with Gasteiger partial charge in [0.05, 0.1) is 17.5 Å². The molecule has 2 saturated heterocycles. The number of imide groups is 2. The Bertz CT molecular complexity index is 1740. The van der Waals surface area contributed by atoms with E-state index in [1.54, 1.807) is 30.3 Å². The van der Waals surface area contributed by atoms with Crippen molar-refractivity contribution in [3.05, 3.63) is 83.7 Å². The monoisotopic (exact) mass is 594 g/mol. The number of aromatic hydroxyl groups is 1. The number of allylic oxidation sites excluding steroid dienone is 2. The molecule has 1 saturated carbocycles. The maximum Gasteiger partial charge on any atom is 0.258 e. The fourth-order valence-corrected chi connectivity index (χ4v) is 8.21. The van der Waals surface area contributed by atoms with Crippen LogP contribution in [-0.4, -0.2) is 48.8 Å². The standard InChI is InChI=1S/C30H21Cl2FN2O6/c31-29-13-20-18(10-11-19-22(20)26(38)35(41)25(19)37)24(23-17-4-2-1-3-14(17)5-12-21(23)36)30(29,32)28(40)34(27(29)39)16-8-6-15(33)7-9-16/h1-10,12,19-20,22,24,36,41H,11,13H2. The molecule has 0 radical (unpaired) electrons. The molecule has 11 heteroatoms. The van der Waals surface area contributed by atoms with E-state index < -0.39 is 62.9 Å². The fourth-order valence-electron chi connectivity index (χ4n) is 7.29. The molecule has 0 aromatic heterocycles. The zero-order chi connectivity index (χ0) is 29.0. The maximum atomic E-state index is 14.4. The molecule has 8 nitrogen and oxygen atoms in total. The normalized spacial score (nSPS) is 32.7. The molecule has 2 N–H and O–H groups in total. The summed E-state index contributed by atoms with van der Waals surface area (Å²) in [6.45, 7) is 0. The molecule has 208 valence electrons. The van der Waals surface area contributed by atoms with Crippen LogP contribution in [0.25, 0.3) is 10.8 Å². The van der Waals surface area contributed by atoms with Gasteiger partial charge in [-0.3, -0.25) is 24.4 Å². The van der Waals surface area contributed by atoms with Gasteiger partial charge in [0.2, 0.25) is 0 Å². The predicted octanol–water partition coefficient (Wildman–Crippen LogP) is 4.64. The molecule has 3 fully saturated rings. The van der Waals surface area contributed by atoms with Crippen LogP contribution in [0.15, 0.2) is 72.3 Å². The van der Waals surface area contributed by atoms with Gasteiger partial charge in [0.15, 0.2) is 9.75 Å². The van der Waals surface area contributed by atoms with E-state index in [9.17, 15) is 33.9 Å². The van der Waals surface area contributed by atoms with Crippen molar-refractivity contribution in [2.75, 3.05) is 4.90 Å². The SMILES string of the molecule is O=C1C2CC=C3C(CC4(Cl)C(=O)N(c5ccc(F)cc5)C(=O)C4(Cl)C3c3c(O)ccc4ccccc34)C2C(=O)N1O.